The molecule has 0 atom stereocenters. The fourth-order valence-corrected chi connectivity index (χ4v) is 0.970. The van der Waals surface area contributed by atoms with Crippen LogP contribution in [0, 0.1) is 0 Å². The summed E-state index contributed by atoms with van der Waals surface area (Å²) in [4.78, 5) is 11.0. The first kappa shape index (κ1) is 10.6. The second-order valence-corrected chi connectivity index (χ2v) is 3.61. The van der Waals surface area contributed by atoms with Gasteiger partial charge in [0.1, 0.15) is 0 Å². The molecule has 0 aliphatic rings. The summed E-state index contributed by atoms with van der Waals surface area (Å²) in [5.41, 5.74) is -0.752. The van der Waals surface area contributed by atoms with Crippen LogP contribution in [0.15, 0.2) is 6.20 Å². The zero-order valence-corrected chi connectivity index (χ0v) is 8.39. The van der Waals surface area contributed by atoms with Crippen LogP contribution in [0.4, 0.5) is 0 Å². The van der Waals surface area contributed by atoms with Gasteiger partial charge in [-0.3, -0.25) is 0 Å². The molecule has 6 heteroatoms. The molecule has 0 saturated carbocycles. The van der Waals surface area contributed by atoms with Gasteiger partial charge in [-0.2, -0.15) is 0 Å². The van der Waals surface area contributed by atoms with Crippen molar-refractivity contribution < 1.29 is 14.6 Å². The molecule has 14 heavy (non-hydrogen) atoms. The van der Waals surface area contributed by atoms with Crippen LogP contribution in [-0.2, 0) is 11.3 Å². The van der Waals surface area contributed by atoms with Crippen molar-refractivity contribution in [3.63, 3.8) is 0 Å². The molecule has 1 N–H and O–H groups in total. The standard InChI is InChI=1S/C8H13N3O3/c1-8(2,13)5-11-4-6(9-10-11)7(12)14-3/h4,13H,5H2,1-3H3. The number of carbonyl (C=O) groups is 1. The van der Waals surface area contributed by atoms with Crippen LogP contribution in [0.1, 0.15) is 24.3 Å². The van der Waals surface area contributed by atoms with Crippen molar-refractivity contribution in [3.05, 3.63) is 11.9 Å². The third kappa shape index (κ3) is 2.81. The lowest BCUT2D eigenvalue weighted by molar-refractivity contribution is 0.0563. The molecule has 0 saturated heterocycles. The van der Waals surface area contributed by atoms with E-state index in [1.807, 2.05) is 0 Å². The Morgan fingerprint density at radius 2 is 2.36 bits per heavy atom. The Kier molecular flexibility index (Phi) is 2.85. The fraction of sp³-hybridized carbons (Fsp3) is 0.625. The number of hydrogen-bond donors (Lipinski definition) is 1. The molecule has 0 radical (unpaired) electrons. The van der Waals surface area contributed by atoms with Crippen molar-refractivity contribution in [2.24, 2.45) is 0 Å². The van der Waals surface area contributed by atoms with E-state index in [0.717, 1.165) is 0 Å². The Hall–Kier alpha value is -1.43. The van der Waals surface area contributed by atoms with Crippen LogP contribution in [0.5, 0.6) is 0 Å². The normalized spacial score (nSPS) is 11.4. The molecule has 1 aromatic rings. The second-order valence-electron chi connectivity index (χ2n) is 3.61. The fourth-order valence-electron chi connectivity index (χ4n) is 0.970. The van der Waals surface area contributed by atoms with Gasteiger partial charge in [0, 0.05) is 0 Å². The molecular formula is C8H13N3O3. The number of ether oxygens (including phenoxy) is 1. The Morgan fingerprint density at radius 1 is 1.71 bits per heavy atom. The molecule has 0 fully saturated rings. The molecule has 6 nitrogen and oxygen atoms in total. The number of carbonyl (C=O) groups excluding carboxylic acids is 1. The molecule has 0 amide bonds. The molecule has 78 valence electrons. The van der Waals surface area contributed by atoms with E-state index in [2.05, 4.69) is 15.0 Å². The van der Waals surface area contributed by atoms with Crippen molar-refractivity contribution in [1.82, 2.24) is 15.0 Å². The van der Waals surface area contributed by atoms with E-state index >= 15 is 0 Å². The monoisotopic (exact) mass is 199 g/mol. The van der Waals surface area contributed by atoms with E-state index in [4.69, 9.17) is 0 Å². The van der Waals surface area contributed by atoms with E-state index in [1.165, 1.54) is 18.0 Å². The Labute approximate surface area is 81.5 Å². The maximum atomic E-state index is 11.0. The molecule has 0 unspecified atom stereocenters. The van der Waals surface area contributed by atoms with E-state index in [1.54, 1.807) is 13.8 Å². The summed E-state index contributed by atoms with van der Waals surface area (Å²) in [6, 6.07) is 0. The summed E-state index contributed by atoms with van der Waals surface area (Å²) in [6.07, 6.45) is 1.43. The SMILES string of the molecule is COC(=O)c1cn(CC(C)(C)O)nn1. The number of nitrogens with zero attached hydrogens (tertiary/aromatic N) is 3. The molecule has 0 spiro atoms. The quantitative estimate of drug-likeness (QED) is 0.684. The molecule has 1 aromatic heterocycles. The zero-order chi connectivity index (χ0) is 10.8. The average Bonchev–Trinajstić information content (AvgIpc) is 2.48. The van der Waals surface area contributed by atoms with Crippen LogP contribution in [0.25, 0.3) is 0 Å². The molecule has 1 rings (SSSR count). The zero-order valence-electron chi connectivity index (χ0n) is 8.39. The lowest BCUT2D eigenvalue weighted by Gasteiger charge is -2.15. The third-order valence-electron chi connectivity index (χ3n) is 1.48. The van der Waals surface area contributed by atoms with Gasteiger partial charge in [-0.05, 0) is 13.8 Å². The van der Waals surface area contributed by atoms with Crippen molar-refractivity contribution >= 4 is 5.97 Å². The van der Waals surface area contributed by atoms with Gasteiger partial charge in [-0.25, -0.2) is 9.48 Å². The van der Waals surface area contributed by atoms with Gasteiger partial charge in [-0.1, -0.05) is 5.21 Å². The first-order valence-corrected chi connectivity index (χ1v) is 4.13. The van der Waals surface area contributed by atoms with Crippen LogP contribution < -0.4 is 0 Å². The molecule has 1 heterocycles. The number of rotatable bonds is 3. The summed E-state index contributed by atoms with van der Waals surface area (Å²) in [7, 11) is 1.28. The van der Waals surface area contributed by atoms with Crippen LogP contribution >= 0.6 is 0 Å². The Morgan fingerprint density at radius 3 is 2.86 bits per heavy atom. The lowest BCUT2D eigenvalue weighted by Crippen LogP contribution is -2.26. The minimum Gasteiger partial charge on any atom is -0.464 e. The minimum atomic E-state index is -0.888. The highest BCUT2D eigenvalue weighted by molar-refractivity contribution is 5.86. The van der Waals surface area contributed by atoms with Crippen LogP contribution in [0.2, 0.25) is 0 Å². The largest absolute Gasteiger partial charge is 0.464 e. The maximum absolute atomic E-state index is 11.0. The summed E-state index contributed by atoms with van der Waals surface area (Å²) < 4.78 is 5.86. The summed E-state index contributed by atoms with van der Waals surface area (Å²) in [5, 5.41) is 16.7. The Balaban J connectivity index is 2.74. The number of aliphatic hydroxyl groups is 1. The summed E-state index contributed by atoms with van der Waals surface area (Å²) in [5.74, 6) is -0.535. The lowest BCUT2D eigenvalue weighted by atomic mass is 10.1. The highest BCUT2D eigenvalue weighted by atomic mass is 16.5. The molecule has 0 bridgehead atoms. The molecule has 0 aliphatic carbocycles. The van der Waals surface area contributed by atoms with Crippen LogP contribution in [-0.4, -0.2) is 38.8 Å². The molecule has 0 aromatic carbocycles. The van der Waals surface area contributed by atoms with Crippen molar-refractivity contribution in [2.75, 3.05) is 7.11 Å². The Bertz CT molecular complexity index is 327. The van der Waals surface area contributed by atoms with Crippen molar-refractivity contribution in [3.8, 4) is 0 Å². The first-order chi connectivity index (χ1) is 6.42. The second kappa shape index (κ2) is 3.75. The number of hydrogen-bond acceptors (Lipinski definition) is 5. The van der Waals surface area contributed by atoms with Crippen LogP contribution in [0.3, 0.4) is 0 Å². The third-order valence-corrected chi connectivity index (χ3v) is 1.48. The summed E-state index contributed by atoms with van der Waals surface area (Å²) >= 11 is 0. The smallest absolute Gasteiger partial charge is 0.360 e. The number of methoxy groups -OCH3 is 1. The highest BCUT2D eigenvalue weighted by Gasteiger charge is 2.16. The summed E-state index contributed by atoms with van der Waals surface area (Å²) in [6.45, 7) is 3.57. The molecule has 0 aliphatic heterocycles. The minimum absolute atomic E-state index is 0.136. The number of esters is 1. The van der Waals surface area contributed by atoms with Gasteiger partial charge in [0.25, 0.3) is 0 Å². The highest BCUT2D eigenvalue weighted by Crippen LogP contribution is 2.05. The molecular weight excluding hydrogens is 186 g/mol. The van der Waals surface area contributed by atoms with Gasteiger partial charge in [0.15, 0.2) is 5.69 Å². The average molecular weight is 199 g/mol. The van der Waals surface area contributed by atoms with E-state index in [9.17, 15) is 9.90 Å². The van der Waals surface area contributed by atoms with Gasteiger partial charge in [0.05, 0.1) is 25.5 Å². The van der Waals surface area contributed by atoms with Gasteiger partial charge in [-0.15, -0.1) is 5.10 Å². The van der Waals surface area contributed by atoms with Crippen molar-refractivity contribution in [1.29, 1.82) is 0 Å². The van der Waals surface area contributed by atoms with E-state index in [-0.39, 0.29) is 12.2 Å². The maximum Gasteiger partial charge on any atom is 0.360 e. The van der Waals surface area contributed by atoms with Gasteiger partial charge in [0.2, 0.25) is 0 Å². The topological polar surface area (TPSA) is 77.2 Å². The first-order valence-electron chi connectivity index (χ1n) is 4.13. The van der Waals surface area contributed by atoms with Crippen molar-refractivity contribution in [2.45, 2.75) is 26.0 Å². The van der Waals surface area contributed by atoms with Gasteiger partial charge >= 0.3 is 5.97 Å². The van der Waals surface area contributed by atoms with E-state index in [0.29, 0.717) is 0 Å². The number of aromatic nitrogens is 3. The predicted octanol–water partition coefficient (Wildman–Crippen LogP) is -0.164. The predicted molar refractivity (Wildman–Crippen MR) is 47.7 cm³/mol. The van der Waals surface area contributed by atoms with E-state index < -0.39 is 11.6 Å². The van der Waals surface area contributed by atoms with Gasteiger partial charge < -0.3 is 9.84 Å².